The van der Waals surface area contributed by atoms with E-state index >= 15 is 0 Å². The third-order valence-corrected chi connectivity index (χ3v) is 9.62. The van der Waals surface area contributed by atoms with Crippen LogP contribution in [-0.4, -0.2) is 47.5 Å². The molecule has 4 fully saturated rings. The van der Waals surface area contributed by atoms with Gasteiger partial charge in [-0.25, -0.2) is 4.79 Å². The summed E-state index contributed by atoms with van der Waals surface area (Å²) in [4.78, 5) is 64.2. The molecule has 0 aromatic carbocycles. The van der Waals surface area contributed by atoms with E-state index in [0.29, 0.717) is 31.1 Å². The third kappa shape index (κ3) is 7.82. The number of carbonyl (C=O) groups excluding carboxylic acids is 5. The Morgan fingerprint density at radius 3 is 2.13 bits per heavy atom. The molecule has 4 rings (SSSR count). The van der Waals surface area contributed by atoms with Gasteiger partial charge in [-0.2, -0.15) is 0 Å². The first-order valence-electron chi connectivity index (χ1n) is 15.2. The van der Waals surface area contributed by atoms with E-state index in [4.69, 9.17) is 5.73 Å². The number of rotatable bonds is 11. The van der Waals surface area contributed by atoms with E-state index in [1.165, 1.54) is 0 Å². The van der Waals surface area contributed by atoms with Crippen LogP contribution in [0.5, 0.6) is 0 Å². The average Bonchev–Trinajstić information content (AvgIpc) is 3.56. The van der Waals surface area contributed by atoms with Gasteiger partial charge in [0.1, 0.15) is 0 Å². The maximum atomic E-state index is 13.7. The van der Waals surface area contributed by atoms with E-state index in [9.17, 15) is 24.0 Å². The largest absolute Gasteiger partial charge is 0.352 e. The first-order chi connectivity index (χ1) is 18.4. The number of amides is 4. The second-order valence-electron chi connectivity index (χ2n) is 13.8. The number of hydrogen-bond acceptors (Lipinski definition) is 5. The summed E-state index contributed by atoms with van der Waals surface area (Å²) in [5.74, 6) is -0.336. The van der Waals surface area contributed by atoms with Crippen molar-refractivity contribution in [2.45, 2.75) is 122 Å². The summed E-state index contributed by atoms with van der Waals surface area (Å²) in [5, 5.41) is 8.47. The number of fused-ring (bicyclic) bond motifs is 1. The van der Waals surface area contributed by atoms with Crippen molar-refractivity contribution >= 4 is 29.4 Å². The summed E-state index contributed by atoms with van der Waals surface area (Å²) in [6.45, 7) is 5.74. The summed E-state index contributed by atoms with van der Waals surface area (Å²) < 4.78 is 0. The van der Waals surface area contributed by atoms with Crippen molar-refractivity contribution in [1.29, 1.82) is 0 Å². The minimum absolute atomic E-state index is 0.0171. The zero-order chi connectivity index (χ0) is 28.3. The topological polar surface area (TPSA) is 147 Å². The van der Waals surface area contributed by atoms with E-state index in [2.05, 4.69) is 16.0 Å². The molecule has 4 aliphatic rings. The van der Waals surface area contributed by atoms with Crippen molar-refractivity contribution in [2.24, 2.45) is 40.7 Å². The number of nitrogens with two attached hydrogens (primary N) is 1. The van der Waals surface area contributed by atoms with Gasteiger partial charge in [-0.1, -0.05) is 52.9 Å². The van der Waals surface area contributed by atoms with Gasteiger partial charge in [-0.15, -0.1) is 0 Å². The number of ketones is 2. The zero-order valence-corrected chi connectivity index (χ0v) is 23.9. The molecule has 6 atom stereocenters. The van der Waals surface area contributed by atoms with E-state index in [1.807, 2.05) is 20.8 Å². The molecular formula is C30H48N4O5. The molecule has 0 saturated heterocycles. The summed E-state index contributed by atoms with van der Waals surface area (Å²) in [7, 11) is 0. The summed E-state index contributed by atoms with van der Waals surface area (Å²) in [6, 6.07) is -2.03. The smallest absolute Gasteiger partial charge is 0.312 e. The van der Waals surface area contributed by atoms with Crippen LogP contribution in [0.3, 0.4) is 0 Å². The highest BCUT2D eigenvalue weighted by atomic mass is 16.2. The lowest BCUT2D eigenvalue weighted by atomic mass is 9.78. The SMILES string of the molecule is CC(C)(C)[C@H](NC(N)=O)C(=O)C[C@H]1CC[C@H](C(=O)NC(CC2CCC2)C(=O)C(=O)NC2CC2)[C@H]2CCC[C@H]2C1. The normalized spacial score (nSPS) is 28.7. The van der Waals surface area contributed by atoms with E-state index in [0.717, 1.165) is 64.2 Å². The van der Waals surface area contributed by atoms with Crippen LogP contribution in [0.25, 0.3) is 0 Å². The van der Waals surface area contributed by atoms with Gasteiger partial charge in [0.25, 0.3) is 5.91 Å². The molecule has 9 nitrogen and oxygen atoms in total. The molecule has 4 amide bonds. The molecule has 0 heterocycles. The van der Waals surface area contributed by atoms with Crippen LogP contribution in [0.4, 0.5) is 4.79 Å². The molecule has 39 heavy (non-hydrogen) atoms. The van der Waals surface area contributed by atoms with Gasteiger partial charge in [-0.05, 0) is 74.0 Å². The van der Waals surface area contributed by atoms with Crippen LogP contribution in [0, 0.1) is 35.0 Å². The molecule has 0 aromatic heterocycles. The summed E-state index contributed by atoms with van der Waals surface area (Å²) in [6.07, 6.45) is 11.3. The number of hydrogen-bond donors (Lipinski definition) is 4. The summed E-state index contributed by atoms with van der Waals surface area (Å²) >= 11 is 0. The molecule has 218 valence electrons. The first-order valence-corrected chi connectivity index (χ1v) is 15.2. The maximum absolute atomic E-state index is 13.7. The molecule has 0 aromatic rings. The Kier molecular flexibility index (Phi) is 9.37. The van der Waals surface area contributed by atoms with Crippen molar-refractivity contribution in [3.8, 4) is 0 Å². The molecule has 0 radical (unpaired) electrons. The van der Waals surface area contributed by atoms with Gasteiger partial charge in [0.05, 0.1) is 12.1 Å². The first kappa shape index (κ1) is 29.5. The number of primary amides is 1. The third-order valence-electron chi connectivity index (χ3n) is 9.62. The monoisotopic (exact) mass is 544 g/mol. The molecule has 9 heteroatoms. The predicted molar refractivity (Wildman–Crippen MR) is 147 cm³/mol. The van der Waals surface area contributed by atoms with Crippen molar-refractivity contribution in [2.75, 3.05) is 0 Å². The van der Waals surface area contributed by atoms with Crippen LogP contribution < -0.4 is 21.7 Å². The van der Waals surface area contributed by atoms with Crippen LogP contribution >= 0.6 is 0 Å². The van der Waals surface area contributed by atoms with E-state index in [-0.39, 0.29) is 35.5 Å². The zero-order valence-electron chi connectivity index (χ0n) is 23.9. The van der Waals surface area contributed by atoms with Gasteiger partial charge < -0.3 is 21.7 Å². The lowest BCUT2D eigenvalue weighted by molar-refractivity contribution is -0.141. The fourth-order valence-corrected chi connectivity index (χ4v) is 7.11. The minimum atomic E-state index is -0.769. The Morgan fingerprint density at radius 1 is 0.846 bits per heavy atom. The lowest BCUT2D eigenvalue weighted by Crippen LogP contribution is -2.51. The molecule has 0 aliphatic heterocycles. The molecule has 4 aliphatic carbocycles. The predicted octanol–water partition coefficient (Wildman–Crippen LogP) is 3.38. The highest BCUT2D eigenvalue weighted by molar-refractivity contribution is 6.38. The Hall–Kier alpha value is -2.45. The van der Waals surface area contributed by atoms with Crippen LogP contribution in [0.15, 0.2) is 0 Å². The number of Topliss-reactive ketones (excluding diaryl/α,β-unsaturated/α-hetero) is 2. The second-order valence-corrected chi connectivity index (χ2v) is 13.8. The highest BCUT2D eigenvalue weighted by Gasteiger charge is 2.43. The van der Waals surface area contributed by atoms with Gasteiger partial charge in [0.2, 0.25) is 11.7 Å². The average molecular weight is 545 g/mol. The molecule has 1 unspecified atom stereocenters. The molecule has 0 spiro atoms. The van der Waals surface area contributed by atoms with Crippen LogP contribution in [0.1, 0.15) is 104 Å². The minimum Gasteiger partial charge on any atom is -0.352 e. The Balaban J connectivity index is 1.42. The quantitative estimate of drug-likeness (QED) is 0.294. The van der Waals surface area contributed by atoms with Gasteiger partial charge in [0.15, 0.2) is 5.78 Å². The number of carbonyl (C=O) groups is 5. The Bertz CT molecular complexity index is 951. The summed E-state index contributed by atoms with van der Waals surface area (Å²) in [5.41, 5.74) is 4.91. The van der Waals surface area contributed by atoms with Crippen molar-refractivity contribution in [3.05, 3.63) is 0 Å². The molecular weight excluding hydrogens is 496 g/mol. The van der Waals surface area contributed by atoms with Crippen molar-refractivity contribution < 1.29 is 24.0 Å². The Labute approximate surface area is 232 Å². The fourth-order valence-electron chi connectivity index (χ4n) is 7.11. The molecule has 0 bridgehead atoms. The second kappa shape index (κ2) is 12.4. The fraction of sp³-hybridized carbons (Fsp3) is 0.833. The lowest BCUT2D eigenvalue weighted by Gasteiger charge is -2.31. The van der Waals surface area contributed by atoms with E-state index in [1.54, 1.807) is 0 Å². The molecule has 4 saturated carbocycles. The highest BCUT2D eigenvalue weighted by Crippen LogP contribution is 2.47. The van der Waals surface area contributed by atoms with Gasteiger partial charge >= 0.3 is 6.03 Å². The van der Waals surface area contributed by atoms with Crippen LogP contribution in [0.2, 0.25) is 0 Å². The van der Waals surface area contributed by atoms with E-state index < -0.39 is 35.2 Å². The number of nitrogens with one attached hydrogen (secondary N) is 3. The number of urea groups is 1. The van der Waals surface area contributed by atoms with Gasteiger partial charge in [0, 0.05) is 18.4 Å². The van der Waals surface area contributed by atoms with Crippen molar-refractivity contribution in [1.82, 2.24) is 16.0 Å². The maximum Gasteiger partial charge on any atom is 0.312 e. The standard InChI is InChI=1S/C30H48N4O5/c1-30(2,3)26(34-29(31)39)24(35)16-18-10-13-22(21-9-5-8-19(21)14-18)27(37)33-23(15-17-6-4-7-17)25(36)28(38)32-20-11-12-20/h17-23,26H,4-16H2,1-3H3,(H,32,38)(H,33,37)(H3,31,34,39)/t18-,19-,21-,22-,23?,26+/m0/s1. The van der Waals surface area contributed by atoms with Crippen molar-refractivity contribution in [3.63, 3.8) is 0 Å². The van der Waals surface area contributed by atoms with Gasteiger partial charge in [-0.3, -0.25) is 19.2 Å². The van der Waals surface area contributed by atoms with Crippen LogP contribution in [-0.2, 0) is 19.2 Å². The Morgan fingerprint density at radius 2 is 1.54 bits per heavy atom. The molecule has 5 N–H and O–H groups in total.